The van der Waals surface area contributed by atoms with E-state index in [2.05, 4.69) is 15.6 Å². The third kappa shape index (κ3) is 4.57. The minimum Gasteiger partial charge on any atom is -0.487 e. The summed E-state index contributed by atoms with van der Waals surface area (Å²) in [5.41, 5.74) is 1.33. The van der Waals surface area contributed by atoms with Crippen molar-refractivity contribution < 1.29 is 9.53 Å². The molecule has 1 N–H and O–H groups in total. The Labute approximate surface area is 144 Å². The lowest BCUT2D eigenvalue weighted by Crippen LogP contribution is -2.19. The Morgan fingerprint density at radius 3 is 2.62 bits per heavy atom. The molecule has 0 aliphatic carbocycles. The first-order valence-corrected chi connectivity index (χ1v) is 7.69. The molecule has 0 aliphatic rings. The minimum atomic E-state index is -0.197. The highest BCUT2D eigenvalue weighted by atomic mass is 35.5. The van der Waals surface area contributed by atoms with Crippen LogP contribution in [0.3, 0.4) is 0 Å². The molecule has 2 aromatic carbocycles. The van der Waals surface area contributed by atoms with Gasteiger partial charge in [-0.15, -0.1) is 5.10 Å². The molecule has 3 rings (SSSR count). The molecule has 0 aliphatic heterocycles. The number of hydrogen-bond donors (Lipinski definition) is 1. The largest absolute Gasteiger partial charge is 0.487 e. The van der Waals surface area contributed by atoms with Gasteiger partial charge in [0.1, 0.15) is 24.6 Å². The van der Waals surface area contributed by atoms with Gasteiger partial charge in [-0.1, -0.05) is 35.0 Å². The first-order chi connectivity index (χ1) is 11.7. The normalized spacial score (nSPS) is 10.4. The van der Waals surface area contributed by atoms with Gasteiger partial charge in [-0.05, 0) is 36.4 Å². The topological polar surface area (TPSA) is 69.0 Å². The van der Waals surface area contributed by atoms with Gasteiger partial charge in [-0.3, -0.25) is 4.79 Å². The highest BCUT2D eigenvalue weighted by Crippen LogP contribution is 2.13. The van der Waals surface area contributed by atoms with Crippen LogP contribution in [0.25, 0.3) is 0 Å². The third-order valence-corrected chi connectivity index (χ3v) is 3.40. The summed E-state index contributed by atoms with van der Waals surface area (Å²) in [7, 11) is 0. The Morgan fingerprint density at radius 2 is 1.88 bits per heavy atom. The van der Waals surface area contributed by atoms with Crippen LogP contribution in [0.15, 0.2) is 60.8 Å². The molecule has 0 saturated carbocycles. The van der Waals surface area contributed by atoms with Gasteiger partial charge in [0.2, 0.25) is 5.91 Å². The number of nitrogens with one attached hydrogen (secondary N) is 1. The van der Waals surface area contributed by atoms with Crippen molar-refractivity contribution >= 4 is 23.2 Å². The molecule has 122 valence electrons. The van der Waals surface area contributed by atoms with Gasteiger partial charge >= 0.3 is 0 Å². The number of carbonyl (C=O) groups is 1. The molecule has 1 aromatic heterocycles. The summed E-state index contributed by atoms with van der Waals surface area (Å²) >= 11 is 5.81. The van der Waals surface area contributed by atoms with E-state index in [0.29, 0.717) is 23.0 Å². The van der Waals surface area contributed by atoms with Gasteiger partial charge in [0.25, 0.3) is 0 Å². The molecule has 0 fully saturated rings. The van der Waals surface area contributed by atoms with Crippen LogP contribution >= 0.6 is 11.6 Å². The maximum Gasteiger partial charge on any atom is 0.246 e. The Morgan fingerprint density at radius 1 is 1.12 bits per heavy atom. The van der Waals surface area contributed by atoms with Crippen LogP contribution in [-0.2, 0) is 17.9 Å². The molecule has 3 aromatic rings. The molecule has 0 bridgehead atoms. The van der Waals surface area contributed by atoms with E-state index in [0.717, 1.165) is 5.75 Å². The zero-order chi connectivity index (χ0) is 16.8. The van der Waals surface area contributed by atoms with E-state index in [1.807, 2.05) is 30.3 Å². The van der Waals surface area contributed by atoms with Gasteiger partial charge in [0.15, 0.2) is 0 Å². The van der Waals surface area contributed by atoms with E-state index in [4.69, 9.17) is 16.3 Å². The van der Waals surface area contributed by atoms with E-state index >= 15 is 0 Å². The zero-order valence-electron chi connectivity index (χ0n) is 12.7. The number of rotatable bonds is 6. The van der Waals surface area contributed by atoms with Crippen LogP contribution in [-0.4, -0.2) is 20.9 Å². The number of aromatic nitrogens is 3. The van der Waals surface area contributed by atoms with Crippen LogP contribution in [0, 0.1) is 0 Å². The number of hydrogen-bond acceptors (Lipinski definition) is 4. The Bertz CT molecular complexity index is 803. The number of para-hydroxylation sites is 1. The molecule has 6 nitrogen and oxygen atoms in total. The Balaban J connectivity index is 1.51. The summed E-state index contributed by atoms with van der Waals surface area (Å²) in [5, 5.41) is 11.3. The molecule has 24 heavy (non-hydrogen) atoms. The van der Waals surface area contributed by atoms with Crippen molar-refractivity contribution in [1.29, 1.82) is 0 Å². The van der Waals surface area contributed by atoms with Crippen LogP contribution in [0.4, 0.5) is 5.69 Å². The summed E-state index contributed by atoms with van der Waals surface area (Å²) in [4.78, 5) is 12.0. The first kappa shape index (κ1) is 16.0. The van der Waals surface area contributed by atoms with Crippen molar-refractivity contribution in [2.24, 2.45) is 0 Å². The molecule has 0 unspecified atom stereocenters. The number of benzene rings is 2. The second-order valence-corrected chi connectivity index (χ2v) is 5.50. The first-order valence-electron chi connectivity index (χ1n) is 7.31. The second kappa shape index (κ2) is 7.61. The molecule has 0 spiro atoms. The van der Waals surface area contributed by atoms with Crippen molar-refractivity contribution in [3.8, 4) is 5.75 Å². The molecule has 1 heterocycles. The highest BCUT2D eigenvalue weighted by Gasteiger charge is 2.07. The molecule has 0 radical (unpaired) electrons. The van der Waals surface area contributed by atoms with Crippen molar-refractivity contribution in [2.75, 3.05) is 5.32 Å². The van der Waals surface area contributed by atoms with Crippen molar-refractivity contribution in [2.45, 2.75) is 13.2 Å². The SMILES string of the molecule is O=C(Cn1cc(COc2ccccc2)nn1)Nc1ccc(Cl)cc1. The minimum absolute atomic E-state index is 0.0704. The van der Waals surface area contributed by atoms with Crippen LogP contribution in [0.2, 0.25) is 5.02 Å². The molecule has 0 atom stereocenters. The molecular weight excluding hydrogens is 328 g/mol. The van der Waals surface area contributed by atoms with Gasteiger partial charge in [0.05, 0.1) is 6.20 Å². The average molecular weight is 343 g/mol. The van der Waals surface area contributed by atoms with Gasteiger partial charge in [-0.25, -0.2) is 4.68 Å². The third-order valence-electron chi connectivity index (χ3n) is 3.15. The van der Waals surface area contributed by atoms with E-state index in [1.165, 1.54) is 4.68 Å². The number of nitrogens with zero attached hydrogens (tertiary/aromatic N) is 3. The Kier molecular flexibility index (Phi) is 5.08. The maximum absolute atomic E-state index is 12.0. The van der Waals surface area contributed by atoms with E-state index in [1.54, 1.807) is 30.5 Å². The maximum atomic E-state index is 12.0. The fraction of sp³-hybridized carbons (Fsp3) is 0.118. The summed E-state index contributed by atoms with van der Waals surface area (Å²) in [5.74, 6) is 0.560. The lowest BCUT2D eigenvalue weighted by Gasteiger charge is -2.05. The second-order valence-electron chi connectivity index (χ2n) is 5.06. The summed E-state index contributed by atoms with van der Waals surface area (Å²) < 4.78 is 7.06. The van der Waals surface area contributed by atoms with Crippen LogP contribution in [0.1, 0.15) is 5.69 Å². The van der Waals surface area contributed by atoms with Crippen molar-refractivity contribution in [1.82, 2.24) is 15.0 Å². The number of ether oxygens (including phenoxy) is 1. The average Bonchev–Trinajstić information content (AvgIpc) is 3.03. The fourth-order valence-corrected chi connectivity index (χ4v) is 2.16. The molecule has 0 saturated heterocycles. The monoisotopic (exact) mass is 342 g/mol. The summed E-state index contributed by atoms with van der Waals surface area (Å²) in [6.45, 7) is 0.365. The molecule has 7 heteroatoms. The van der Waals surface area contributed by atoms with E-state index in [-0.39, 0.29) is 12.5 Å². The smallest absolute Gasteiger partial charge is 0.246 e. The van der Waals surface area contributed by atoms with Crippen LogP contribution < -0.4 is 10.1 Å². The number of carbonyl (C=O) groups excluding carboxylic acids is 1. The lowest BCUT2D eigenvalue weighted by molar-refractivity contribution is -0.116. The number of amides is 1. The van der Waals surface area contributed by atoms with Gasteiger partial charge < -0.3 is 10.1 Å². The summed E-state index contributed by atoms with van der Waals surface area (Å²) in [6.07, 6.45) is 1.68. The standard InChI is InChI=1S/C17H15ClN4O2/c18-13-6-8-14(9-7-13)19-17(23)11-22-10-15(20-21-22)12-24-16-4-2-1-3-5-16/h1-10H,11-12H2,(H,19,23). The summed E-state index contributed by atoms with van der Waals surface area (Å²) in [6, 6.07) is 16.3. The van der Waals surface area contributed by atoms with Crippen molar-refractivity contribution in [3.63, 3.8) is 0 Å². The predicted octanol–water partition coefficient (Wildman–Crippen LogP) is 3.15. The number of halogens is 1. The molecular formula is C17H15ClN4O2. The lowest BCUT2D eigenvalue weighted by atomic mass is 10.3. The van der Waals surface area contributed by atoms with E-state index in [9.17, 15) is 4.79 Å². The van der Waals surface area contributed by atoms with Gasteiger partial charge in [0, 0.05) is 10.7 Å². The van der Waals surface area contributed by atoms with Crippen molar-refractivity contribution in [3.05, 3.63) is 71.5 Å². The molecule has 1 amide bonds. The van der Waals surface area contributed by atoms with E-state index < -0.39 is 0 Å². The Hall–Kier alpha value is -2.86. The zero-order valence-corrected chi connectivity index (χ0v) is 13.5. The highest BCUT2D eigenvalue weighted by molar-refractivity contribution is 6.30. The quantitative estimate of drug-likeness (QED) is 0.747. The fourth-order valence-electron chi connectivity index (χ4n) is 2.04. The number of anilines is 1. The predicted molar refractivity (Wildman–Crippen MR) is 90.9 cm³/mol. The van der Waals surface area contributed by atoms with Crippen LogP contribution in [0.5, 0.6) is 5.75 Å². The van der Waals surface area contributed by atoms with Gasteiger partial charge in [-0.2, -0.15) is 0 Å².